The summed E-state index contributed by atoms with van der Waals surface area (Å²) in [6.07, 6.45) is 2.39. The number of benzene rings is 1. The first-order valence-corrected chi connectivity index (χ1v) is 11.5. The molecule has 3 aromatic rings. The summed E-state index contributed by atoms with van der Waals surface area (Å²) in [7, 11) is -3.66. The van der Waals surface area contributed by atoms with E-state index in [0.29, 0.717) is 18.2 Å². The molecule has 140 valence electrons. The number of aryl methyl sites for hydroxylation is 1. The number of sulfonamides is 1. The molecule has 0 bridgehead atoms. The second kappa shape index (κ2) is 7.16. The van der Waals surface area contributed by atoms with Gasteiger partial charge in [-0.2, -0.15) is 4.31 Å². The van der Waals surface area contributed by atoms with Crippen molar-refractivity contribution in [3.05, 3.63) is 62.8 Å². The molecule has 9 heteroatoms. The average molecular weight is 420 g/mol. The topological polar surface area (TPSA) is 79.4 Å². The van der Waals surface area contributed by atoms with E-state index in [1.807, 2.05) is 18.4 Å². The minimum atomic E-state index is -3.66. The standard InChI is InChI=1S/C18H17N3O3S3/c1-12-10-19-18(26-12)20-17(22)13-3-2-4-15(9-13)27(23,24)21-7-5-16-14(11-21)6-8-25-16/h2-4,6,8-10H,5,7,11H2,1H3,(H,19,20,22). The van der Waals surface area contributed by atoms with Crippen LogP contribution in [0.15, 0.2) is 46.8 Å². The van der Waals surface area contributed by atoms with E-state index < -0.39 is 10.0 Å². The van der Waals surface area contributed by atoms with Crippen LogP contribution in [0.3, 0.4) is 0 Å². The summed E-state index contributed by atoms with van der Waals surface area (Å²) in [5, 5.41) is 5.19. The van der Waals surface area contributed by atoms with Gasteiger partial charge >= 0.3 is 0 Å². The lowest BCUT2D eigenvalue weighted by atomic mass is 10.1. The fourth-order valence-electron chi connectivity index (χ4n) is 2.96. The number of nitrogens with one attached hydrogen (secondary N) is 1. The SMILES string of the molecule is Cc1cnc(NC(=O)c2cccc(S(=O)(=O)N3CCc4sccc4C3)c2)s1. The molecule has 4 rings (SSSR count). The number of anilines is 1. The minimum Gasteiger partial charge on any atom is -0.298 e. The lowest BCUT2D eigenvalue weighted by Crippen LogP contribution is -2.35. The molecule has 1 amide bonds. The molecule has 1 aliphatic heterocycles. The molecule has 0 fully saturated rings. The summed E-state index contributed by atoms with van der Waals surface area (Å²) < 4.78 is 27.6. The summed E-state index contributed by atoms with van der Waals surface area (Å²) in [6, 6.07) is 8.12. The molecule has 0 saturated heterocycles. The number of carbonyl (C=O) groups is 1. The molecule has 1 aliphatic rings. The molecule has 0 spiro atoms. The zero-order valence-electron chi connectivity index (χ0n) is 14.5. The van der Waals surface area contributed by atoms with E-state index in [-0.39, 0.29) is 16.4 Å². The number of fused-ring (bicyclic) bond motifs is 1. The van der Waals surface area contributed by atoms with Crippen LogP contribution in [0.5, 0.6) is 0 Å². The van der Waals surface area contributed by atoms with E-state index in [1.165, 1.54) is 32.7 Å². The van der Waals surface area contributed by atoms with Gasteiger partial charge in [-0.05, 0) is 48.6 Å². The predicted octanol–water partition coefficient (Wildman–Crippen LogP) is 3.51. The summed E-state index contributed by atoms with van der Waals surface area (Å²) in [6.45, 7) is 2.72. The predicted molar refractivity (Wildman–Crippen MR) is 107 cm³/mol. The van der Waals surface area contributed by atoms with Gasteiger partial charge in [-0.3, -0.25) is 10.1 Å². The number of rotatable bonds is 4. The Kier molecular flexibility index (Phi) is 4.85. The first kappa shape index (κ1) is 18.3. The van der Waals surface area contributed by atoms with E-state index in [1.54, 1.807) is 29.7 Å². The molecular weight excluding hydrogens is 402 g/mol. The van der Waals surface area contributed by atoms with Gasteiger partial charge in [0.1, 0.15) is 0 Å². The summed E-state index contributed by atoms with van der Waals surface area (Å²) in [4.78, 5) is 18.9. The molecular formula is C18H17N3O3S3. The van der Waals surface area contributed by atoms with Crippen LogP contribution >= 0.6 is 22.7 Å². The molecule has 6 nitrogen and oxygen atoms in total. The molecule has 0 radical (unpaired) electrons. The number of thiazole rings is 1. The molecule has 1 N–H and O–H groups in total. The highest BCUT2D eigenvalue weighted by molar-refractivity contribution is 7.89. The van der Waals surface area contributed by atoms with Crippen molar-refractivity contribution in [1.29, 1.82) is 0 Å². The smallest absolute Gasteiger partial charge is 0.257 e. The van der Waals surface area contributed by atoms with Crippen molar-refractivity contribution in [3.8, 4) is 0 Å². The van der Waals surface area contributed by atoms with Crippen LogP contribution in [-0.2, 0) is 23.0 Å². The van der Waals surface area contributed by atoms with E-state index >= 15 is 0 Å². The van der Waals surface area contributed by atoms with E-state index in [4.69, 9.17) is 0 Å². The number of nitrogens with zero attached hydrogens (tertiary/aromatic N) is 2. The molecule has 0 aliphatic carbocycles. The fourth-order valence-corrected chi connectivity index (χ4v) is 5.97. The first-order valence-electron chi connectivity index (χ1n) is 8.33. The van der Waals surface area contributed by atoms with Gasteiger partial charge in [-0.25, -0.2) is 13.4 Å². The Morgan fingerprint density at radius 1 is 1.30 bits per heavy atom. The molecule has 1 aromatic carbocycles. The van der Waals surface area contributed by atoms with Gasteiger partial charge in [0.2, 0.25) is 10.0 Å². The Hall–Kier alpha value is -2.07. The Balaban J connectivity index is 1.57. The number of hydrogen-bond donors (Lipinski definition) is 1. The van der Waals surface area contributed by atoms with Crippen molar-refractivity contribution in [2.45, 2.75) is 24.8 Å². The van der Waals surface area contributed by atoms with Gasteiger partial charge in [0.15, 0.2) is 5.13 Å². The van der Waals surface area contributed by atoms with E-state index in [0.717, 1.165) is 16.9 Å². The summed E-state index contributed by atoms with van der Waals surface area (Å²) in [5.74, 6) is -0.375. The lowest BCUT2D eigenvalue weighted by molar-refractivity contribution is 0.102. The van der Waals surface area contributed by atoms with Crippen molar-refractivity contribution in [3.63, 3.8) is 0 Å². The lowest BCUT2D eigenvalue weighted by Gasteiger charge is -2.26. The third-order valence-electron chi connectivity index (χ3n) is 4.35. The number of aromatic nitrogens is 1. The van der Waals surface area contributed by atoms with Gasteiger partial charge in [0.25, 0.3) is 5.91 Å². The van der Waals surface area contributed by atoms with Crippen molar-refractivity contribution in [2.24, 2.45) is 0 Å². The average Bonchev–Trinajstić information content (AvgIpc) is 3.29. The zero-order chi connectivity index (χ0) is 19.0. The Labute approximate surface area is 165 Å². The molecule has 3 heterocycles. The molecule has 0 saturated carbocycles. The number of carbonyl (C=O) groups excluding carboxylic acids is 1. The van der Waals surface area contributed by atoms with Crippen LogP contribution in [-0.4, -0.2) is 30.2 Å². The highest BCUT2D eigenvalue weighted by atomic mass is 32.2. The number of thiophene rings is 1. The molecule has 2 aromatic heterocycles. The molecule has 0 unspecified atom stereocenters. The van der Waals surface area contributed by atoms with Gasteiger partial charge in [0, 0.05) is 34.6 Å². The second-order valence-electron chi connectivity index (χ2n) is 6.22. The van der Waals surface area contributed by atoms with Crippen molar-refractivity contribution < 1.29 is 13.2 Å². The second-order valence-corrected chi connectivity index (χ2v) is 10.4. The van der Waals surface area contributed by atoms with Gasteiger partial charge in [-0.1, -0.05) is 6.07 Å². The summed E-state index contributed by atoms with van der Waals surface area (Å²) >= 11 is 3.03. The zero-order valence-corrected chi connectivity index (χ0v) is 17.0. The Bertz CT molecular complexity index is 1100. The van der Waals surface area contributed by atoms with Crippen LogP contribution in [0.4, 0.5) is 5.13 Å². The van der Waals surface area contributed by atoms with Gasteiger partial charge in [-0.15, -0.1) is 22.7 Å². The molecule has 0 atom stereocenters. The fraction of sp³-hybridized carbons (Fsp3) is 0.222. The van der Waals surface area contributed by atoms with E-state index in [9.17, 15) is 13.2 Å². The first-order chi connectivity index (χ1) is 12.9. The third kappa shape index (κ3) is 3.68. The van der Waals surface area contributed by atoms with Crippen molar-refractivity contribution >= 4 is 43.7 Å². The highest BCUT2D eigenvalue weighted by Gasteiger charge is 2.29. The van der Waals surface area contributed by atoms with Crippen molar-refractivity contribution in [2.75, 3.05) is 11.9 Å². The van der Waals surface area contributed by atoms with Crippen LogP contribution in [0.1, 0.15) is 25.7 Å². The molecule has 27 heavy (non-hydrogen) atoms. The highest BCUT2D eigenvalue weighted by Crippen LogP contribution is 2.28. The monoisotopic (exact) mass is 419 g/mol. The quantitative estimate of drug-likeness (QED) is 0.702. The van der Waals surface area contributed by atoms with Gasteiger partial charge in [0.05, 0.1) is 4.90 Å². The maximum Gasteiger partial charge on any atom is 0.257 e. The summed E-state index contributed by atoms with van der Waals surface area (Å²) in [5.41, 5.74) is 1.35. The van der Waals surface area contributed by atoms with Crippen LogP contribution in [0, 0.1) is 6.92 Å². The van der Waals surface area contributed by atoms with Crippen LogP contribution < -0.4 is 5.32 Å². The number of hydrogen-bond acceptors (Lipinski definition) is 6. The minimum absolute atomic E-state index is 0.129. The third-order valence-corrected chi connectivity index (χ3v) is 8.04. The maximum atomic E-state index is 13.0. The normalized spacial score (nSPS) is 14.7. The Morgan fingerprint density at radius 2 is 2.15 bits per heavy atom. The Morgan fingerprint density at radius 3 is 2.93 bits per heavy atom. The maximum absolute atomic E-state index is 13.0. The van der Waals surface area contributed by atoms with E-state index in [2.05, 4.69) is 10.3 Å². The number of amides is 1. The largest absolute Gasteiger partial charge is 0.298 e. The van der Waals surface area contributed by atoms with Crippen molar-refractivity contribution in [1.82, 2.24) is 9.29 Å². The van der Waals surface area contributed by atoms with Crippen LogP contribution in [0.2, 0.25) is 0 Å². The van der Waals surface area contributed by atoms with Crippen LogP contribution in [0.25, 0.3) is 0 Å². The van der Waals surface area contributed by atoms with Gasteiger partial charge < -0.3 is 0 Å².